The van der Waals surface area contributed by atoms with Gasteiger partial charge in [-0.2, -0.15) is 0 Å². The van der Waals surface area contributed by atoms with Gasteiger partial charge in [-0.25, -0.2) is 0 Å². The first-order valence-electron chi connectivity index (χ1n) is 1.85. The van der Waals surface area contributed by atoms with Crippen LogP contribution >= 0.6 is 31.9 Å². The van der Waals surface area contributed by atoms with Crippen molar-refractivity contribution in [1.82, 2.24) is 0 Å². The van der Waals surface area contributed by atoms with Gasteiger partial charge in [0.05, 0.1) is 0 Å². The minimum Gasteiger partial charge on any atom is -0.257 e. The van der Waals surface area contributed by atoms with Crippen LogP contribution in [0.25, 0.3) is 0 Å². The first kappa shape index (κ1) is 8.11. The summed E-state index contributed by atoms with van der Waals surface area (Å²) >= 11 is 6.25. The molecule has 1 nitrogen and oxygen atoms in total. The number of halogens is 2. The SMILES string of the molecule is C=N/C(Br)=C\C(=C)Br. The maximum Gasteiger partial charge on any atom is 0.106 e. The molecule has 0 aliphatic rings. The molecular weight excluding hydrogens is 234 g/mol. The van der Waals surface area contributed by atoms with Gasteiger partial charge in [0, 0.05) is 4.48 Å². The van der Waals surface area contributed by atoms with Crippen LogP contribution in [0.2, 0.25) is 0 Å². The van der Waals surface area contributed by atoms with Crippen molar-refractivity contribution < 1.29 is 0 Å². The average molecular weight is 239 g/mol. The van der Waals surface area contributed by atoms with Gasteiger partial charge in [0.25, 0.3) is 0 Å². The normalized spacial score (nSPS) is 11.0. The number of rotatable bonds is 2. The Morgan fingerprint density at radius 2 is 2.00 bits per heavy atom. The largest absolute Gasteiger partial charge is 0.257 e. The quantitative estimate of drug-likeness (QED) is 0.399. The molecule has 0 bridgehead atoms. The molecule has 0 atom stereocenters. The number of hydrogen-bond donors (Lipinski definition) is 0. The highest BCUT2D eigenvalue weighted by atomic mass is 79.9. The van der Waals surface area contributed by atoms with Crippen LogP contribution in [0.4, 0.5) is 0 Å². The Bertz CT molecular complexity index is 137. The molecule has 0 aromatic carbocycles. The summed E-state index contributed by atoms with van der Waals surface area (Å²) in [4.78, 5) is 3.57. The van der Waals surface area contributed by atoms with Crippen LogP contribution < -0.4 is 0 Å². The molecule has 0 fully saturated rings. The van der Waals surface area contributed by atoms with Gasteiger partial charge in [-0.3, -0.25) is 4.99 Å². The van der Waals surface area contributed by atoms with E-state index in [-0.39, 0.29) is 0 Å². The molecule has 0 aromatic heterocycles. The lowest BCUT2D eigenvalue weighted by Gasteiger charge is -1.83. The Morgan fingerprint density at radius 1 is 1.50 bits per heavy atom. The van der Waals surface area contributed by atoms with Gasteiger partial charge in [0.2, 0.25) is 0 Å². The summed E-state index contributed by atoms with van der Waals surface area (Å²) in [5.41, 5.74) is 0. The molecule has 0 N–H and O–H groups in total. The van der Waals surface area contributed by atoms with E-state index in [9.17, 15) is 0 Å². The van der Waals surface area contributed by atoms with E-state index >= 15 is 0 Å². The van der Waals surface area contributed by atoms with Crippen molar-refractivity contribution in [3.8, 4) is 0 Å². The molecule has 3 heteroatoms. The molecule has 0 aliphatic carbocycles. The molecule has 0 unspecified atom stereocenters. The molecule has 8 heavy (non-hydrogen) atoms. The second-order valence-corrected chi connectivity index (χ2v) is 2.90. The molecule has 0 saturated heterocycles. The van der Waals surface area contributed by atoms with Crippen LogP contribution in [0.3, 0.4) is 0 Å². The number of hydrogen-bond acceptors (Lipinski definition) is 1. The molecule has 0 saturated carbocycles. The van der Waals surface area contributed by atoms with Gasteiger partial charge in [-0.05, 0) is 28.7 Å². The van der Waals surface area contributed by atoms with E-state index in [1.165, 1.54) is 0 Å². The predicted molar refractivity (Wildman–Crippen MR) is 44.6 cm³/mol. The van der Waals surface area contributed by atoms with E-state index < -0.39 is 0 Å². The van der Waals surface area contributed by atoms with E-state index in [1.807, 2.05) is 0 Å². The zero-order valence-corrected chi connectivity index (χ0v) is 7.37. The van der Waals surface area contributed by atoms with Crippen molar-refractivity contribution in [3.05, 3.63) is 21.7 Å². The third-order valence-corrected chi connectivity index (χ3v) is 1.14. The molecule has 0 aliphatic heterocycles. The minimum atomic E-state index is 0.680. The lowest BCUT2D eigenvalue weighted by Crippen LogP contribution is -1.59. The van der Waals surface area contributed by atoms with Crippen LogP contribution in [-0.4, -0.2) is 6.72 Å². The van der Waals surface area contributed by atoms with Gasteiger partial charge in [-0.15, -0.1) is 0 Å². The first-order chi connectivity index (χ1) is 3.66. The molecule has 0 radical (unpaired) electrons. The lowest BCUT2D eigenvalue weighted by molar-refractivity contribution is 1.58. The standard InChI is InChI=1S/C5H5Br2N/c1-4(6)3-5(7)8-2/h3H,1-2H2/b5-3-. The molecular formula is C5H5Br2N. The fraction of sp³-hybridized carbons (Fsp3) is 0. The predicted octanol–water partition coefficient (Wildman–Crippen LogP) is 2.83. The summed E-state index contributed by atoms with van der Waals surface area (Å²) in [5, 5.41) is 0. The van der Waals surface area contributed by atoms with Gasteiger partial charge in [0.1, 0.15) is 4.61 Å². The maximum atomic E-state index is 3.57. The van der Waals surface area contributed by atoms with Gasteiger partial charge in [-0.1, -0.05) is 22.5 Å². The molecule has 0 spiro atoms. The average Bonchev–Trinajstić information content (AvgIpc) is 1.65. The van der Waals surface area contributed by atoms with Crippen molar-refractivity contribution in [2.24, 2.45) is 4.99 Å². The zero-order chi connectivity index (χ0) is 6.57. The summed E-state index contributed by atoms with van der Waals surface area (Å²) in [6.07, 6.45) is 1.72. The van der Waals surface area contributed by atoms with Crippen LogP contribution in [0.15, 0.2) is 26.7 Å². The summed E-state index contributed by atoms with van der Waals surface area (Å²) in [7, 11) is 0. The highest BCUT2D eigenvalue weighted by Crippen LogP contribution is 2.11. The Hall–Kier alpha value is 0.110. The van der Waals surface area contributed by atoms with Gasteiger partial charge >= 0.3 is 0 Å². The summed E-state index contributed by atoms with van der Waals surface area (Å²) in [6, 6.07) is 0. The van der Waals surface area contributed by atoms with Crippen LogP contribution in [0.1, 0.15) is 0 Å². The molecule has 0 heterocycles. The number of nitrogens with zero attached hydrogens (tertiary/aromatic N) is 1. The minimum absolute atomic E-state index is 0.680. The second kappa shape index (κ2) is 4.04. The molecule has 0 rings (SSSR count). The summed E-state index contributed by atoms with van der Waals surface area (Å²) < 4.78 is 1.45. The third-order valence-electron chi connectivity index (χ3n) is 0.427. The van der Waals surface area contributed by atoms with Crippen molar-refractivity contribution in [3.63, 3.8) is 0 Å². The number of aliphatic imine (C=N–C) groups is 1. The van der Waals surface area contributed by atoms with Gasteiger partial charge < -0.3 is 0 Å². The first-order valence-corrected chi connectivity index (χ1v) is 3.43. The fourth-order valence-corrected chi connectivity index (χ4v) is 0.975. The fourth-order valence-electron chi connectivity index (χ4n) is 0.175. The van der Waals surface area contributed by atoms with E-state index in [0.29, 0.717) is 4.61 Å². The highest BCUT2D eigenvalue weighted by Gasteiger charge is 1.82. The third kappa shape index (κ3) is 4.27. The zero-order valence-electron chi connectivity index (χ0n) is 4.19. The van der Waals surface area contributed by atoms with Gasteiger partial charge in [0.15, 0.2) is 0 Å². The van der Waals surface area contributed by atoms with Crippen LogP contribution in [-0.2, 0) is 0 Å². The highest BCUT2D eigenvalue weighted by molar-refractivity contribution is 9.12. The van der Waals surface area contributed by atoms with Crippen molar-refractivity contribution in [2.75, 3.05) is 0 Å². The number of allylic oxidation sites excluding steroid dienone is 2. The van der Waals surface area contributed by atoms with Crippen molar-refractivity contribution >= 4 is 38.6 Å². The van der Waals surface area contributed by atoms with Crippen molar-refractivity contribution in [1.29, 1.82) is 0 Å². The monoisotopic (exact) mass is 237 g/mol. The molecule has 44 valence electrons. The maximum absolute atomic E-state index is 3.57. The van der Waals surface area contributed by atoms with E-state index in [0.717, 1.165) is 4.48 Å². The Kier molecular flexibility index (Phi) is 4.09. The van der Waals surface area contributed by atoms with E-state index in [4.69, 9.17) is 0 Å². The molecule has 0 aromatic rings. The molecule has 0 amide bonds. The van der Waals surface area contributed by atoms with E-state index in [1.54, 1.807) is 6.08 Å². The van der Waals surface area contributed by atoms with Crippen LogP contribution in [0.5, 0.6) is 0 Å². The Balaban J connectivity index is 3.94. The van der Waals surface area contributed by atoms with E-state index in [2.05, 4.69) is 50.1 Å². The van der Waals surface area contributed by atoms with Crippen molar-refractivity contribution in [2.45, 2.75) is 0 Å². The topological polar surface area (TPSA) is 12.4 Å². The second-order valence-electron chi connectivity index (χ2n) is 1.07. The Labute approximate surface area is 65.5 Å². The lowest BCUT2D eigenvalue weighted by atomic mass is 10.6. The summed E-state index contributed by atoms with van der Waals surface area (Å²) in [5.74, 6) is 0. The Morgan fingerprint density at radius 3 is 2.12 bits per heavy atom. The van der Waals surface area contributed by atoms with Crippen LogP contribution in [0, 0.1) is 0 Å². The smallest absolute Gasteiger partial charge is 0.106 e. The summed E-state index contributed by atoms with van der Waals surface area (Å²) in [6.45, 7) is 6.85.